The van der Waals surface area contributed by atoms with Crippen molar-refractivity contribution in [3.05, 3.63) is 70.4 Å². The number of Topliss-reactive ketones (excluding diaryl/α,β-unsaturated/α-hetero) is 1. The van der Waals surface area contributed by atoms with Gasteiger partial charge in [0, 0.05) is 22.7 Å². The predicted molar refractivity (Wildman–Crippen MR) is 108 cm³/mol. The number of nitrogens with zero attached hydrogens (tertiary/aromatic N) is 2. The first-order valence-electron chi connectivity index (χ1n) is 9.19. The summed E-state index contributed by atoms with van der Waals surface area (Å²) in [4.78, 5) is 18.0. The SMILES string of the molecule is CC1(C)CC(=O)C2=C(C1)Nc1nc3ccccc3n1C2c1ccc(Cl)cc1. The standard InChI is InChI=1S/C22H20ClN3O/c1-22(2)11-16-19(18(27)12-22)20(13-7-9-14(23)10-8-13)26-17-6-4-3-5-15(17)24-21(26)25-16/h3-10,20H,11-12H2,1-2H3,(H,24,25). The average Bonchev–Trinajstić information content (AvgIpc) is 2.97. The van der Waals surface area contributed by atoms with Crippen molar-refractivity contribution in [2.45, 2.75) is 32.7 Å². The van der Waals surface area contributed by atoms with Crippen LogP contribution in [0.25, 0.3) is 11.0 Å². The highest BCUT2D eigenvalue weighted by atomic mass is 35.5. The van der Waals surface area contributed by atoms with Crippen molar-refractivity contribution in [3.63, 3.8) is 0 Å². The Morgan fingerprint density at radius 2 is 1.85 bits per heavy atom. The first-order chi connectivity index (χ1) is 12.9. The number of halogens is 1. The molecule has 2 aliphatic rings. The zero-order valence-electron chi connectivity index (χ0n) is 15.3. The number of fused-ring (bicyclic) bond motifs is 3. The number of anilines is 1. The van der Waals surface area contributed by atoms with E-state index in [2.05, 4.69) is 29.8 Å². The molecule has 1 atom stereocenters. The Balaban J connectivity index is 1.79. The van der Waals surface area contributed by atoms with Gasteiger partial charge in [0.15, 0.2) is 5.78 Å². The molecule has 5 heteroatoms. The van der Waals surface area contributed by atoms with Crippen molar-refractivity contribution in [3.8, 4) is 0 Å². The lowest BCUT2D eigenvalue weighted by Crippen LogP contribution is -2.36. The van der Waals surface area contributed by atoms with E-state index >= 15 is 0 Å². The van der Waals surface area contributed by atoms with Crippen LogP contribution in [-0.4, -0.2) is 15.3 Å². The number of rotatable bonds is 1. The van der Waals surface area contributed by atoms with Crippen molar-refractivity contribution in [1.29, 1.82) is 0 Å². The van der Waals surface area contributed by atoms with Gasteiger partial charge in [0.2, 0.25) is 5.95 Å². The quantitative estimate of drug-likeness (QED) is 0.622. The van der Waals surface area contributed by atoms with Crippen LogP contribution < -0.4 is 5.32 Å². The Bertz CT molecular complexity index is 1110. The molecule has 0 saturated heterocycles. The van der Waals surface area contributed by atoms with E-state index in [4.69, 9.17) is 16.6 Å². The summed E-state index contributed by atoms with van der Waals surface area (Å²) in [5.41, 5.74) is 4.79. The van der Waals surface area contributed by atoms with Crippen LogP contribution >= 0.6 is 11.6 Å². The van der Waals surface area contributed by atoms with Crippen LogP contribution in [0.5, 0.6) is 0 Å². The highest BCUT2D eigenvalue weighted by molar-refractivity contribution is 6.30. The van der Waals surface area contributed by atoms with Crippen molar-refractivity contribution >= 4 is 34.4 Å². The number of imidazole rings is 1. The summed E-state index contributed by atoms with van der Waals surface area (Å²) >= 11 is 6.12. The molecule has 0 saturated carbocycles. The second-order valence-corrected chi connectivity index (χ2v) is 8.64. The maximum Gasteiger partial charge on any atom is 0.209 e. The maximum absolute atomic E-state index is 13.2. The van der Waals surface area contributed by atoms with Gasteiger partial charge in [-0.25, -0.2) is 4.98 Å². The average molecular weight is 378 g/mol. The second kappa shape index (κ2) is 5.70. The normalized spacial score (nSPS) is 21.0. The lowest BCUT2D eigenvalue weighted by molar-refractivity contribution is -0.118. The zero-order chi connectivity index (χ0) is 18.8. The Labute approximate surface area is 162 Å². The van der Waals surface area contributed by atoms with Crippen LogP contribution in [-0.2, 0) is 4.79 Å². The topological polar surface area (TPSA) is 46.9 Å². The number of ketones is 1. The minimum atomic E-state index is -0.190. The predicted octanol–water partition coefficient (Wildman–Crippen LogP) is 5.35. The lowest BCUT2D eigenvalue weighted by atomic mass is 9.73. The molecule has 3 aromatic rings. The van der Waals surface area contributed by atoms with Crippen LogP contribution in [0, 0.1) is 5.41 Å². The number of carbonyl (C=O) groups excluding carboxylic acids is 1. The van der Waals surface area contributed by atoms with Gasteiger partial charge in [-0.2, -0.15) is 0 Å². The lowest BCUT2D eigenvalue weighted by Gasteiger charge is -2.39. The number of aromatic nitrogens is 2. The van der Waals surface area contributed by atoms with Gasteiger partial charge in [0.05, 0.1) is 17.1 Å². The number of hydrogen-bond donors (Lipinski definition) is 1. The molecule has 2 aromatic carbocycles. The molecule has 0 spiro atoms. The van der Waals surface area contributed by atoms with Gasteiger partial charge in [-0.05, 0) is 41.7 Å². The molecule has 1 aromatic heterocycles. The van der Waals surface area contributed by atoms with Gasteiger partial charge >= 0.3 is 0 Å². The van der Waals surface area contributed by atoms with E-state index < -0.39 is 0 Å². The van der Waals surface area contributed by atoms with Crippen molar-refractivity contribution in [1.82, 2.24) is 9.55 Å². The molecule has 5 rings (SSSR count). The molecule has 2 heterocycles. The summed E-state index contributed by atoms with van der Waals surface area (Å²) in [6, 6.07) is 15.6. The van der Waals surface area contributed by atoms with Gasteiger partial charge in [0.25, 0.3) is 0 Å². The second-order valence-electron chi connectivity index (χ2n) is 8.21. The first-order valence-corrected chi connectivity index (χ1v) is 9.56. The number of benzene rings is 2. The molecule has 0 fully saturated rings. The first kappa shape index (κ1) is 16.6. The van der Waals surface area contributed by atoms with Gasteiger partial charge in [-0.1, -0.05) is 49.7 Å². The van der Waals surface area contributed by atoms with Crippen LogP contribution in [0.2, 0.25) is 5.02 Å². The van der Waals surface area contributed by atoms with E-state index in [1.54, 1.807) is 0 Å². The summed E-state index contributed by atoms with van der Waals surface area (Å²) < 4.78 is 2.15. The Morgan fingerprint density at radius 1 is 1.11 bits per heavy atom. The molecule has 27 heavy (non-hydrogen) atoms. The summed E-state index contributed by atoms with van der Waals surface area (Å²) in [6.07, 6.45) is 1.39. The number of allylic oxidation sites excluding steroid dienone is 2. The fraction of sp³-hybridized carbons (Fsp3) is 0.273. The van der Waals surface area contributed by atoms with Gasteiger partial charge in [-0.3, -0.25) is 9.36 Å². The minimum absolute atomic E-state index is 0.0539. The van der Waals surface area contributed by atoms with Gasteiger partial charge in [-0.15, -0.1) is 0 Å². The molecule has 0 radical (unpaired) electrons. The van der Waals surface area contributed by atoms with Crippen LogP contribution in [0.4, 0.5) is 5.95 Å². The number of nitrogens with one attached hydrogen (secondary N) is 1. The number of hydrogen-bond acceptors (Lipinski definition) is 3. The number of para-hydroxylation sites is 2. The fourth-order valence-corrected chi connectivity index (χ4v) is 4.51. The van der Waals surface area contributed by atoms with E-state index in [9.17, 15) is 4.79 Å². The fourth-order valence-electron chi connectivity index (χ4n) is 4.38. The molecule has 1 unspecified atom stereocenters. The minimum Gasteiger partial charge on any atom is -0.329 e. The highest BCUT2D eigenvalue weighted by Gasteiger charge is 2.41. The van der Waals surface area contributed by atoms with Crippen molar-refractivity contribution < 1.29 is 4.79 Å². The van der Waals surface area contributed by atoms with Crippen molar-refractivity contribution in [2.24, 2.45) is 5.41 Å². The third-order valence-electron chi connectivity index (χ3n) is 5.50. The highest BCUT2D eigenvalue weighted by Crippen LogP contribution is 2.47. The van der Waals surface area contributed by atoms with E-state index in [1.165, 1.54) is 0 Å². The Kier molecular flexibility index (Phi) is 3.50. The van der Waals surface area contributed by atoms with E-state index in [1.807, 2.05) is 42.5 Å². The smallest absolute Gasteiger partial charge is 0.209 e. The van der Waals surface area contributed by atoms with Crippen LogP contribution in [0.1, 0.15) is 38.3 Å². The van der Waals surface area contributed by atoms with Gasteiger partial charge in [0.1, 0.15) is 0 Å². The summed E-state index contributed by atoms with van der Waals surface area (Å²) in [5.74, 6) is 0.998. The molecular weight excluding hydrogens is 358 g/mol. The summed E-state index contributed by atoms with van der Waals surface area (Å²) in [6.45, 7) is 4.29. The molecule has 4 nitrogen and oxygen atoms in total. The monoisotopic (exact) mass is 377 g/mol. The van der Waals surface area contributed by atoms with E-state index in [-0.39, 0.29) is 17.2 Å². The molecule has 0 bridgehead atoms. The molecular formula is C22H20ClN3O. The summed E-state index contributed by atoms with van der Waals surface area (Å²) in [5, 5.41) is 4.16. The summed E-state index contributed by atoms with van der Waals surface area (Å²) in [7, 11) is 0. The molecule has 1 aliphatic carbocycles. The molecule has 1 N–H and O–H groups in total. The molecule has 1 aliphatic heterocycles. The Hall–Kier alpha value is -2.59. The maximum atomic E-state index is 13.2. The third kappa shape index (κ3) is 2.59. The molecule has 136 valence electrons. The van der Waals surface area contributed by atoms with Crippen LogP contribution in [0.3, 0.4) is 0 Å². The number of carbonyl (C=O) groups is 1. The Morgan fingerprint density at radius 3 is 2.63 bits per heavy atom. The van der Waals surface area contributed by atoms with Crippen LogP contribution in [0.15, 0.2) is 59.8 Å². The van der Waals surface area contributed by atoms with E-state index in [0.717, 1.165) is 40.2 Å². The van der Waals surface area contributed by atoms with E-state index in [0.29, 0.717) is 11.4 Å². The molecule has 0 amide bonds. The van der Waals surface area contributed by atoms with Crippen molar-refractivity contribution in [2.75, 3.05) is 5.32 Å². The third-order valence-corrected chi connectivity index (χ3v) is 5.75. The largest absolute Gasteiger partial charge is 0.329 e. The van der Waals surface area contributed by atoms with Gasteiger partial charge < -0.3 is 5.32 Å². The zero-order valence-corrected chi connectivity index (χ0v) is 16.0.